The van der Waals surface area contributed by atoms with Crippen LogP contribution in [0.2, 0.25) is 0 Å². The second kappa shape index (κ2) is 8.91. The lowest BCUT2D eigenvalue weighted by atomic mass is 10.3. The monoisotopic (exact) mass is 397 g/mol. The van der Waals surface area contributed by atoms with Gasteiger partial charge >= 0.3 is 0 Å². The van der Waals surface area contributed by atoms with Crippen LogP contribution in [0.1, 0.15) is 17.7 Å². The third kappa shape index (κ3) is 5.11. The molecule has 1 aromatic heterocycles. The number of nitrogens with zero attached hydrogens (tertiary/aromatic N) is 2. The average molecular weight is 398 g/mol. The zero-order chi connectivity index (χ0) is 17.6. The zero-order valence-electron chi connectivity index (χ0n) is 13.6. The highest BCUT2D eigenvalue weighted by Gasteiger charge is 2.31. The lowest BCUT2D eigenvalue weighted by Crippen LogP contribution is -2.48. The van der Waals surface area contributed by atoms with Crippen molar-refractivity contribution >= 4 is 57.5 Å². The Morgan fingerprint density at radius 1 is 1.40 bits per heavy atom. The number of thiophene rings is 1. The van der Waals surface area contributed by atoms with Crippen molar-refractivity contribution in [3.05, 3.63) is 27.3 Å². The van der Waals surface area contributed by atoms with Crippen LogP contribution >= 0.6 is 35.3 Å². The molecule has 0 bridgehead atoms. The van der Waals surface area contributed by atoms with Crippen LogP contribution in [0, 0.1) is 0 Å². The second-order valence-corrected chi connectivity index (χ2v) is 8.24. The van der Waals surface area contributed by atoms with Gasteiger partial charge < -0.3 is 4.74 Å². The highest BCUT2D eigenvalue weighted by molar-refractivity contribution is 8.26. The van der Waals surface area contributed by atoms with E-state index in [2.05, 4.69) is 5.43 Å². The van der Waals surface area contributed by atoms with Gasteiger partial charge in [-0.2, -0.15) is 0 Å². The number of morpholine rings is 1. The molecule has 9 heteroatoms. The maximum atomic E-state index is 12.5. The summed E-state index contributed by atoms with van der Waals surface area (Å²) in [6, 6.07) is 3.91. The maximum absolute atomic E-state index is 12.5. The summed E-state index contributed by atoms with van der Waals surface area (Å²) in [4.78, 5) is 27.7. The molecule has 0 radical (unpaired) electrons. The predicted octanol–water partition coefficient (Wildman–Crippen LogP) is 2.09. The Balaban J connectivity index is 1.45. The molecule has 3 heterocycles. The van der Waals surface area contributed by atoms with E-state index in [1.54, 1.807) is 16.2 Å². The molecule has 2 fully saturated rings. The standard InChI is InChI=1S/C16H19N3O3S3/c20-14(17-18-6-8-22-9-7-18)4-1-5-19-15(21)13(25-16(19)23)11-12-3-2-10-24-12/h2-3,10-11H,1,4-9H2,(H,17,20)/b13-11-. The third-order valence-electron chi connectivity index (χ3n) is 3.77. The van der Waals surface area contributed by atoms with E-state index in [4.69, 9.17) is 17.0 Å². The molecule has 2 saturated heterocycles. The van der Waals surface area contributed by atoms with Gasteiger partial charge in [0.2, 0.25) is 5.91 Å². The maximum Gasteiger partial charge on any atom is 0.266 e. The van der Waals surface area contributed by atoms with Gasteiger partial charge in [0.05, 0.1) is 18.1 Å². The van der Waals surface area contributed by atoms with E-state index in [-0.39, 0.29) is 11.8 Å². The lowest BCUT2D eigenvalue weighted by Gasteiger charge is -2.27. The Bertz CT molecular complexity index is 669. The topological polar surface area (TPSA) is 61.9 Å². The number of rotatable bonds is 6. The van der Waals surface area contributed by atoms with E-state index in [0.717, 1.165) is 4.88 Å². The number of hydrazine groups is 1. The number of thioether (sulfide) groups is 1. The largest absolute Gasteiger partial charge is 0.379 e. The molecule has 0 saturated carbocycles. The number of amides is 2. The van der Waals surface area contributed by atoms with E-state index in [1.807, 2.05) is 28.6 Å². The molecule has 134 valence electrons. The molecule has 2 aliphatic heterocycles. The molecule has 0 aliphatic carbocycles. The van der Waals surface area contributed by atoms with Crippen LogP contribution in [-0.4, -0.2) is 58.9 Å². The van der Waals surface area contributed by atoms with Gasteiger partial charge in [0.15, 0.2) is 0 Å². The Morgan fingerprint density at radius 3 is 2.92 bits per heavy atom. The summed E-state index contributed by atoms with van der Waals surface area (Å²) in [6.45, 7) is 3.13. The minimum atomic E-state index is -0.0722. The van der Waals surface area contributed by atoms with Gasteiger partial charge in [-0.05, 0) is 23.9 Å². The van der Waals surface area contributed by atoms with Crippen LogP contribution < -0.4 is 5.43 Å². The van der Waals surface area contributed by atoms with E-state index in [9.17, 15) is 9.59 Å². The molecule has 1 N–H and O–H groups in total. The summed E-state index contributed by atoms with van der Waals surface area (Å²) in [7, 11) is 0. The molecule has 2 aliphatic rings. The molecule has 25 heavy (non-hydrogen) atoms. The number of hydrogen-bond donors (Lipinski definition) is 1. The van der Waals surface area contributed by atoms with Gasteiger partial charge in [-0.25, -0.2) is 5.01 Å². The highest BCUT2D eigenvalue weighted by atomic mass is 32.2. The molecule has 0 atom stereocenters. The Hall–Kier alpha value is -1.26. The number of thiocarbonyl (C=S) groups is 1. The SMILES string of the molecule is O=C(CCCN1C(=O)/C(=C/c2cccs2)SC1=S)NN1CCOCC1. The molecular weight excluding hydrogens is 378 g/mol. The van der Waals surface area contributed by atoms with Gasteiger partial charge in [-0.15, -0.1) is 11.3 Å². The number of nitrogens with one attached hydrogen (secondary N) is 1. The van der Waals surface area contributed by atoms with Crippen molar-refractivity contribution in [3.8, 4) is 0 Å². The predicted molar refractivity (Wildman–Crippen MR) is 104 cm³/mol. The summed E-state index contributed by atoms with van der Waals surface area (Å²) in [5, 5.41) is 3.84. The molecule has 3 rings (SSSR count). The first kappa shape index (κ1) is 18.5. The second-order valence-electron chi connectivity index (χ2n) is 5.59. The van der Waals surface area contributed by atoms with E-state index in [0.29, 0.717) is 54.9 Å². The molecule has 0 aromatic carbocycles. The fraction of sp³-hybridized carbons (Fsp3) is 0.438. The quantitative estimate of drug-likeness (QED) is 0.586. The first-order valence-corrected chi connectivity index (χ1v) is 10.1. The van der Waals surface area contributed by atoms with Crippen LogP contribution in [0.15, 0.2) is 22.4 Å². The van der Waals surface area contributed by atoms with E-state index in [1.165, 1.54) is 11.8 Å². The van der Waals surface area contributed by atoms with E-state index >= 15 is 0 Å². The van der Waals surface area contributed by atoms with Crippen LogP contribution in [0.3, 0.4) is 0 Å². The molecule has 0 spiro atoms. The van der Waals surface area contributed by atoms with E-state index < -0.39 is 0 Å². The van der Waals surface area contributed by atoms with Crippen LogP contribution in [-0.2, 0) is 14.3 Å². The Kier molecular flexibility index (Phi) is 6.60. The van der Waals surface area contributed by atoms with Gasteiger partial charge in [0.25, 0.3) is 5.91 Å². The van der Waals surface area contributed by atoms with Crippen LogP contribution in [0.5, 0.6) is 0 Å². The fourth-order valence-electron chi connectivity index (χ4n) is 2.50. The lowest BCUT2D eigenvalue weighted by molar-refractivity contribution is -0.128. The molecule has 6 nitrogen and oxygen atoms in total. The van der Waals surface area contributed by atoms with Crippen LogP contribution in [0.25, 0.3) is 6.08 Å². The number of carbonyl (C=O) groups excluding carboxylic acids is 2. The fourth-order valence-corrected chi connectivity index (χ4v) is 4.53. The van der Waals surface area contributed by atoms with Crippen molar-refractivity contribution in [1.29, 1.82) is 0 Å². The number of hydrogen-bond acceptors (Lipinski definition) is 7. The normalized spacial score (nSPS) is 20.5. The highest BCUT2D eigenvalue weighted by Crippen LogP contribution is 2.33. The Labute approximate surface area is 160 Å². The first-order valence-electron chi connectivity index (χ1n) is 8.04. The van der Waals surface area contributed by atoms with Crippen molar-refractivity contribution in [2.45, 2.75) is 12.8 Å². The summed E-state index contributed by atoms with van der Waals surface area (Å²) in [5.74, 6) is -0.113. The van der Waals surface area contributed by atoms with Crippen molar-refractivity contribution in [2.75, 3.05) is 32.8 Å². The minimum absolute atomic E-state index is 0.0403. The molecule has 1 aromatic rings. The zero-order valence-corrected chi connectivity index (χ0v) is 16.1. The smallest absolute Gasteiger partial charge is 0.266 e. The molecule has 0 unspecified atom stereocenters. The minimum Gasteiger partial charge on any atom is -0.379 e. The summed E-state index contributed by atoms with van der Waals surface area (Å²) < 4.78 is 5.80. The van der Waals surface area contributed by atoms with Crippen LogP contribution in [0.4, 0.5) is 0 Å². The summed E-state index contributed by atoms with van der Waals surface area (Å²) in [5.41, 5.74) is 2.87. The van der Waals surface area contributed by atoms with Crippen molar-refractivity contribution in [3.63, 3.8) is 0 Å². The molecular formula is C16H19N3O3S3. The first-order chi connectivity index (χ1) is 12.1. The van der Waals surface area contributed by atoms with Gasteiger partial charge in [-0.1, -0.05) is 30.0 Å². The van der Waals surface area contributed by atoms with Gasteiger partial charge in [-0.3, -0.25) is 19.9 Å². The summed E-state index contributed by atoms with van der Waals surface area (Å²) >= 11 is 8.21. The van der Waals surface area contributed by atoms with Crippen molar-refractivity contribution < 1.29 is 14.3 Å². The third-order valence-corrected chi connectivity index (χ3v) is 5.97. The summed E-state index contributed by atoms with van der Waals surface area (Å²) in [6.07, 6.45) is 2.81. The number of carbonyl (C=O) groups is 2. The van der Waals surface area contributed by atoms with Crippen molar-refractivity contribution in [1.82, 2.24) is 15.3 Å². The number of ether oxygens (including phenoxy) is 1. The average Bonchev–Trinajstić information content (AvgIpc) is 3.19. The Morgan fingerprint density at radius 2 is 2.20 bits per heavy atom. The van der Waals surface area contributed by atoms with Gasteiger partial charge in [0, 0.05) is 30.9 Å². The van der Waals surface area contributed by atoms with Gasteiger partial charge in [0.1, 0.15) is 4.32 Å². The molecule has 2 amide bonds. The van der Waals surface area contributed by atoms with Crippen molar-refractivity contribution in [2.24, 2.45) is 0 Å².